The van der Waals surface area contributed by atoms with Crippen LogP contribution in [0.2, 0.25) is 0 Å². The maximum atomic E-state index is 4.27. The zero-order chi connectivity index (χ0) is 11.1. The minimum atomic E-state index is 0.0110. The van der Waals surface area contributed by atoms with Crippen molar-refractivity contribution < 1.29 is 0 Å². The van der Waals surface area contributed by atoms with Crippen molar-refractivity contribution in [2.45, 2.75) is 26.3 Å². The molecule has 4 heteroatoms. The maximum absolute atomic E-state index is 4.27. The summed E-state index contributed by atoms with van der Waals surface area (Å²) in [4.78, 5) is 8.51. The number of rotatable bonds is 1. The number of aromatic nitrogens is 3. The first-order valence-corrected chi connectivity index (χ1v) is 5.01. The SMILES string of the molecule is Cn1ccc2c(NC(C)(C)C)ncnc21. The van der Waals surface area contributed by atoms with Crippen molar-refractivity contribution in [1.82, 2.24) is 14.5 Å². The lowest BCUT2D eigenvalue weighted by molar-refractivity contribution is 0.631. The number of anilines is 1. The second kappa shape index (κ2) is 3.22. The normalized spacial score (nSPS) is 12.0. The molecule has 4 nitrogen and oxygen atoms in total. The molecule has 0 unspecified atom stereocenters. The van der Waals surface area contributed by atoms with Crippen LogP contribution >= 0.6 is 0 Å². The van der Waals surface area contributed by atoms with E-state index in [2.05, 4.69) is 36.1 Å². The number of hydrogen-bond acceptors (Lipinski definition) is 3. The first-order valence-electron chi connectivity index (χ1n) is 5.01. The molecule has 2 heterocycles. The molecule has 0 bridgehead atoms. The molecule has 0 aliphatic carbocycles. The fraction of sp³-hybridized carbons (Fsp3) is 0.455. The highest BCUT2D eigenvalue weighted by Gasteiger charge is 2.13. The molecule has 0 amide bonds. The van der Waals surface area contributed by atoms with Gasteiger partial charge in [0, 0.05) is 18.8 Å². The lowest BCUT2D eigenvalue weighted by Crippen LogP contribution is -2.26. The van der Waals surface area contributed by atoms with Crippen LogP contribution in [0.5, 0.6) is 0 Å². The van der Waals surface area contributed by atoms with Gasteiger partial charge in [-0.1, -0.05) is 0 Å². The summed E-state index contributed by atoms with van der Waals surface area (Å²) in [6.07, 6.45) is 3.59. The van der Waals surface area contributed by atoms with Gasteiger partial charge < -0.3 is 9.88 Å². The molecule has 0 saturated carbocycles. The van der Waals surface area contributed by atoms with E-state index in [0.29, 0.717) is 0 Å². The first-order chi connectivity index (χ1) is 6.97. The number of fused-ring (bicyclic) bond motifs is 1. The molecule has 0 aliphatic rings. The smallest absolute Gasteiger partial charge is 0.145 e. The molecule has 0 fully saturated rings. The monoisotopic (exact) mass is 204 g/mol. The Labute approximate surface area is 89.3 Å². The number of nitrogens with zero attached hydrogens (tertiary/aromatic N) is 3. The van der Waals surface area contributed by atoms with Crippen molar-refractivity contribution >= 4 is 16.9 Å². The first kappa shape index (κ1) is 9.96. The molecule has 0 radical (unpaired) electrons. The molecule has 0 aliphatic heterocycles. The fourth-order valence-electron chi connectivity index (χ4n) is 1.53. The summed E-state index contributed by atoms with van der Waals surface area (Å²) < 4.78 is 1.99. The Morgan fingerprint density at radius 2 is 2.00 bits per heavy atom. The predicted octanol–water partition coefficient (Wildman–Crippen LogP) is 2.18. The van der Waals surface area contributed by atoms with Crippen LogP contribution in [0.15, 0.2) is 18.6 Å². The molecule has 15 heavy (non-hydrogen) atoms. The third kappa shape index (κ3) is 1.93. The van der Waals surface area contributed by atoms with Crippen molar-refractivity contribution in [2.24, 2.45) is 7.05 Å². The largest absolute Gasteiger partial charge is 0.365 e. The Kier molecular flexibility index (Phi) is 2.14. The predicted molar refractivity (Wildman–Crippen MR) is 61.9 cm³/mol. The second-order valence-corrected chi connectivity index (χ2v) is 4.76. The molecule has 0 atom stereocenters. The van der Waals surface area contributed by atoms with Crippen molar-refractivity contribution in [1.29, 1.82) is 0 Å². The van der Waals surface area contributed by atoms with E-state index >= 15 is 0 Å². The molecule has 0 saturated heterocycles. The molecule has 0 spiro atoms. The van der Waals surface area contributed by atoms with Crippen molar-refractivity contribution in [3.63, 3.8) is 0 Å². The van der Waals surface area contributed by atoms with Crippen LogP contribution in [0, 0.1) is 0 Å². The van der Waals surface area contributed by atoms with E-state index in [9.17, 15) is 0 Å². The van der Waals surface area contributed by atoms with Gasteiger partial charge in [-0.15, -0.1) is 0 Å². The summed E-state index contributed by atoms with van der Waals surface area (Å²) in [5.41, 5.74) is 0.966. The molecule has 1 N–H and O–H groups in total. The Hall–Kier alpha value is -1.58. The number of aryl methyl sites for hydroxylation is 1. The summed E-state index contributed by atoms with van der Waals surface area (Å²) in [7, 11) is 1.98. The van der Waals surface area contributed by atoms with Gasteiger partial charge >= 0.3 is 0 Å². The average Bonchev–Trinajstić information content (AvgIpc) is 2.47. The van der Waals surface area contributed by atoms with Gasteiger partial charge in [0.25, 0.3) is 0 Å². The van der Waals surface area contributed by atoms with Crippen molar-refractivity contribution in [3.05, 3.63) is 18.6 Å². The van der Waals surface area contributed by atoms with E-state index in [1.54, 1.807) is 6.33 Å². The van der Waals surface area contributed by atoms with Crippen LogP contribution in [0.25, 0.3) is 11.0 Å². The van der Waals surface area contributed by atoms with E-state index in [-0.39, 0.29) is 5.54 Å². The summed E-state index contributed by atoms with van der Waals surface area (Å²) in [5.74, 6) is 0.896. The third-order valence-electron chi connectivity index (χ3n) is 2.16. The zero-order valence-corrected chi connectivity index (χ0v) is 9.57. The van der Waals surface area contributed by atoms with Gasteiger partial charge in [-0.25, -0.2) is 9.97 Å². The number of hydrogen-bond donors (Lipinski definition) is 1. The lowest BCUT2D eigenvalue weighted by atomic mass is 10.1. The van der Waals surface area contributed by atoms with E-state index < -0.39 is 0 Å². The molecular formula is C11H16N4. The van der Waals surface area contributed by atoms with Gasteiger partial charge in [0.15, 0.2) is 0 Å². The van der Waals surface area contributed by atoms with Gasteiger partial charge in [-0.3, -0.25) is 0 Å². The highest BCUT2D eigenvalue weighted by atomic mass is 15.1. The van der Waals surface area contributed by atoms with Crippen LogP contribution in [0.3, 0.4) is 0 Å². The molecule has 0 aromatic carbocycles. The fourth-order valence-corrected chi connectivity index (χ4v) is 1.53. The summed E-state index contributed by atoms with van der Waals surface area (Å²) >= 11 is 0. The highest BCUT2D eigenvalue weighted by Crippen LogP contribution is 2.22. The number of nitrogens with one attached hydrogen (secondary N) is 1. The second-order valence-electron chi connectivity index (χ2n) is 4.76. The molecule has 2 aromatic rings. The van der Waals surface area contributed by atoms with Gasteiger partial charge in [0.2, 0.25) is 0 Å². The zero-order valence-electron chi connectivity index (χ0n) is 9.57. The molecule has 2 rings (SSSR count). The average molecular weight is 204 g/mol. The van der Waals surface area contributed by atoms with Crippen molar-refractivity contribution in [2.75, 3.05) is 5.32 Å². The Bertz CT molecular complexity index is 479. The van der Waals surface area contributed by atoms with E-state index in [4.69, 9.17) is 0 Å². The summed E-state index contributed by atoms with van der Waals surface area (Å²) in [5, 5.41) is 4.44. The molecular weight excluding hydrogens is 188 g/mol. The molecule has 2 aromatic heterocycles. The Balaban J connectivity index is 2.52. The quantitative estimate of drug-likeness (QED) is 0.774. The Morgan fingerprint density at radius 3 is 2.67 bits per heavy atom. The summed E-state index contributed by atoms with van der Waals surface area (Å²) in [6.45, 7) is 6.34. The maximum Gasteiger partial charge on any atom is 0.145 e. The van der Waals surface area contributed by atoms with Gasteiger partial charge in [-0.05, 0) is 26.8 Å². The highest BCUT2D eigenvalue weighted by molar-refractivity contribution is 5.87. The van der Waals surface area contributed by atoms with Crippen LogP contribution < -0.4 is 5.32 Å². The minimum absolute atomic E-state index is 0.0110. The Morgan fingerprint density at radius 1 is 1.27 bits per heavy atom. The van der Waals surface area contributed by atoms with Gasteiger partial charge in [0.1, 0.15) is 17.8 Å². The van der Waals surface area contributed by atoms with Crippen LogP contribution in [-0.4, -0.2) is 20.1 Å². The van der Waals surface area contributed by atoms with Crippen LogP contribution in [0.1, 0.15) is 20.8 Å². The van der Waals surface area contributed by atoms with Crippen molar-refractivity contribution in [3.8, 4) is 0 Å². The third-order valence-corrected chi connectivity index (χ3v) is 2.16. The van der Waals surface area contributed by atoms with E-state index in [1.165, 1.54) is 0 Å². The van der Waals surface area contributed by atoms with E-state index in [1.807, 2.05) is 23.9 Å². The van der Waals surface area contributed by atoms with Crippen LogP contribution in [0.4, 0.5) is 5.82 Å². The van der Waals surface area contributed by atoms with Crippen LogP contribution in [-0.2, 0) is 7.05 Å². The van der Waals surface area contributed by atoms with E-state index in [0.717, 1.165) is 16.9 Å². The molecule has 80 valence electrons. The van der Waals surface area contributed by atoms with Gasteiger partial charge in [0.05, 0.1) is 5.39 Å². The van der Waals surface area contributed by atoms with Gasteiger partial charge in [-0.2, -0.15) is 0 Å². The minimum Gasteiger partial charge on any atom is -0.365 e. The summed E-state index contributed by atoms with van der Waals surface area (Å²) in [6, 6.07) is 2.03. The topological polar surface area (TPSA) is 42.7 Å². The lowest BCUT2D eigenvalue weighted by Gasteiger charge is -2.21. The standard InChI is InChI=1S/C11H16N4/c1-11(2,3)14-9-8-5-6-15(4)10(8)13-7-12-9/h5-7H,1-4H3,(H,12,13,14).